The van der Waals surface area contributed by atoms with Crippen molar-refractivity contribution in [1.82, 2.24) is 9.78 Å². The summed E-state index contributed by atoms with van der Waals surface area (Å²) in [5, 5.41) is 13.3. The molecular formula is C8H10ClN3O. The van der Waals surface area contributed by atoms with Crippen molar-refractivity contribution in [3.8, 4) is 6.07 Å². The van der Waals surface area contributed by atoms with E-state index in [2.05, 4.69) is 5.10 Å². The number of nitriles is 1. The van der Waals surface area contributed by atoms with Gasteiger partial charge in [0.05, 0.1) is 6.61 Å². The third-order valence-electron chi connectivity index (χ3n) is 1.66. The molecule has 0 aliphatic heterocycles. The van der Waals surface area contributed by atoms with E-state index in [1.165, 1.54) is 0 Å². The number of aromatic nitrogens is 2. The summed E-state index contributed by atoms with van der Waals surface area (Å²) in [6.07, 6.45) is 0. The molecule has 0 bridgehead atoms. The van der Waals surface area contributed by atoms with Gasteiger partial charge in [-0.05, 0) is 6.92 Å². The Balaban J connectivity index is 3.13. The van der Waals surface area contributed by atoms with Gasteiger partial charge in [-0.2, -0.15) is 10.4 Å². The fraction of sp³-hybridized carbons (Fsp3) is 0.500. The normalized spacial score (nSPS) is 10.0. The molecule has 0 radical (unpaired) electrons. The van der Waals surface area contributed by atoms with E-state index in [1.807, 2.05) is 13.0 Å². The quantitative estimate of drug-likeness (QED) is 0.743. The zero-order chi connectivity index (χ0) is 9.84. The minimum Gasteiger partial charge on any atom is -0.378 e. The molecule has 0 aliphatic rings. The fourth-order valence-corrected chi connectivity index (χ4v) is 1.35. The van der Waals surface area contributed by atoms with Gasteiger partial charge in [-0.1, -0.05) is 11.6 Å². The topological polar surface area (TPSA) is 50.8 Å². The molecule has 1 aromatic rings. The lowest BCUT2D eigenvalue weighted by Crippen LogP contribution is -1.97. The first kappa shape index (κ1) is 10.0. The Morgan fingerprint density at radius 1 is 1.69 bits per heavy atom. The van der Waals surface area contributed by atoms with E-state index in [-0.39, 0.29) is 0 Å². The number of hydrogen-bond donors (Lipinski definition) is 0. The Kier molecular flexibility index (Phi) is 3.29. The Morgan fingerprint density at radius 2 is 2.38 bits per heavy atom. The molecule has 0 saturated carbocycles. The molecular weight excluding hydrogens is 190 g/mol. The third kappa shape index (κ3) is 1.82. The first-order chi connectivity index (χ1) is 6.24. The van der Waals surface area contributed by atoms with Crippen LogP contribution in [0.2, 0.25) is 5.15 Å². The average molecular weight is 200 g/mol. The summed E-state index contributed by atoms with van der Waals surface area (Å²) in [6.45, 7) is 2.88. The Labute approximate surface area is 81.7 Å². The number of hydrogen-bond acceptors (Lipinski definition) is 3. The number of nitrogens with zero attached hydrogens (tertiary/aromatic N) is 3. The molecule has 5 heteroatoms. The largest absolute Gasteiger partial charge is 0.378 e. The SMILES string of the molecule is CCn1nc(COC)c(C#N)c1Cl. The van der Waals surface area contributed by atoms with Gasteiger partial charge in [0.2, 0.25) is 0 Å². The van der Waals surface area contributed by atoms with Crippen LogP contribution < -0.4 is 0 Å². The van der Waals surface area contributed by atoms with E-state index in [1.54, 1.807) is 11.8 Å². The molecule has 1 aromatic heterocycles. The fourth-order valence-electron chi connectivity index (χ4n) is 1.05. The minimum absolute atomic E-state index is 0.315. The molecule has 13 heavy (non-hydrogen) atoms. The van der Waals surface area contributed by atoms with Crippen molar-refractivity contribution < 1.29 is 4.74 Å². The van der Waals surface area contributed by atoms with E-state index in [9.17, 15) is 0 Å². The van der Waals surface area contributed by atoms with Crippen molar-refractivity contribution in [2.75, 3.05) is 7.11 Å². The molecule has 4 nitrogen and oxygen atoms in total. The predicted octanol–water partition coefficient (Wildman–Crippen LogP) is 1.57. The molecule has 0 aliphatic carbocycles. The van der Waals surface area contributed by atoms with Crippen molar-refractivity contribution in [1.29, 1.82) is 5.26 Å². The zero-order valence-corrected chi connectivity index (χ0v) is 8.30. The Hall–Kier alpha value is -1.05. The van der Waals surface area contributed by atoms with Crippen molar-refractivity contribution in [3.05, 3.63) is 16.4 Å². The predicted molar refractivity (Wildman–Crippen MR) is 48.3 cm³/mol. The number of halogens is 1. The summed E-state index contributed by atoms with van der Waals surface area (Å²) >= 11 is 5.89. The summed E-state index contributed by atoms with van der Waals surface area (Å²) < 4.78 is 6.48. The highest BCUT2D eigenvalue weighted by Crippen LogP contribution is 2.19. The maximum absolute atomic E-state index is 8.79. The average Bonchev–Trinajstić information content (AvgIpc) is 2.43. The van der Waals surface area contributed by atoms with Gasteiger partial charge < -0.3 is 4.74 Å². The summed E-state index contributed by atoms with van der Waals surface area (Å²) in [7, 11) is 1.56. The molecule has 70 valence electrons. The highest BCUT2D eigenvalue weighted by Gasteiger charge is 2.14. The van der Waals surface area contributed by atoms with Crippen molar-refractivity contribution >= 4 is 11.6 Å². The van der Waals surface area contributed by atoms with Gasteiger partial charge in [0.1, 0.15) is 22.5 Å². The highest BCUT2D eigenvalue weighted by molar-refractivity contribution is 6.30. The monoisotopic (exact) mass is 199 g/mol. The lowest BCUT2D eigenvalue weighted by molar-refractivity contribution is 0.180. The van der Waals surface area contributed by atoms with Crippen LogP contribution >= 0.6 is 11.6 Å². The van der Waals surface area contributed by atoms with Crippen LogP contribution in [-0.4, -0.2) is 16.9 Å². The lowest BCUT2D eigenvalue weighted by atomic mass is 10.3. The second-order valence-electron chi connectivity index (χ2n) is 2.47. The van der Waals surface area contributed by atoms with Crippen LogP contribution in [0.4, 0.5) is 0 Å². The van der Waals surface area contributed by atoms with Gasteiger partial charge in [0, 0.05) is 13.7 Å². The smallest absolute Gasteiger partial charge is 0.145 e. The standard InChI is InChI=1S/C8H10ClN3O/c1-3-12-8(9)6(4-10)7(11-12)5-13-2/h3,5H2,1-2H3. The van der Waals surface area contributed by atoms with Crippen LogP contribution in [0, 0.1) is 11.3 Å². The number of aryl methyl sites for hydroxylation is 1. The molecule has 0 aromatic carbocycles. The van der Waals surface area contributed by atoms with Crippen LogP contribution in [0.3, 0.4) is 0 Å². The first-order valence-corrected chi connectivity index (χ1v) is 4.26. The molecule has 0 N–H and O–H groups in total. The second-order valence-corrected chi connectivity index (χ2v) is 2.83. The first-order valence-electron chi connectivity index (χ1n) is 3.88. The molecule has 0 atom stereocenters. The van der Waals surface area contributed by atoms with E-state index >= 15 is 0 Å². The highest BCUT2D eigenvalue weighted by atomic mass is 35.5. The molecule has 0 unspecified atom stereocenters. The van der Waals surface area contributed by atoms with E-state index in [4.69, 9.17) is 21.6 Å². The number of ether oxygens (including phenoxy) is 1. The molecule has 0 spiro atoms. The molecule has 0 saturated heterocycles. The molecule has 0 amide bonds. The van der Waals surface area contributed by atoms with E-state index in [0.717, 1.165) is 0 Å². The van der Waals surface area contributed by atoms with E-state index < -0.39 is 0 Å². The summed E-state index contributed by atoms with van der Waals surface area (Å²) in [5.41, 5.74) is 1.00. The van der Waals surface area contributed by atoms with Gasteiger partial charge in [-0.25, -0.2) is 0 Å². The van der Waals surface area contributed by atoms with E-state index in [0.29, 0.717) is 29.6 Å². The maximum atomic E-state index is 8.79. The summed E-state index contributed by atoms with van der Waals surface area (Å²) in [4.78, 5) is 0. The summed E-state index contributed by atoms with van der Waals surface area (Å²) in [6, 6.07) is 2.01. The van der Waals surface area contributed by atoms with Crippen molar-refractivity contribution in [2.45, 2.75) is 20.1 Å². The van der Waals surface area contributed by atoms with Crippen molar-refractivity contribution in [2.24, 2.45) is 0 Å². The van der Waals surface area contributed by atoms with Gasteiger partial charge in [0.15, 0.2) is 0 Å². The van der Waals surface area contributed by atoms with Crippen molar-refractivity contribution in [3.63, 3.8) is 0 Å². The summed E-state index contributed by atoms with van der Waals surface area (Å²) in [5.74, 6) is 0. The second kappa shape index (κ2) is 4.26. The minimum atomic E-state index is 0.315. The zero-order valence-electron chi connectivity index (χ0n) is 7.54. The van der Waals surface area contributed by atoms with Gasteiger partial charge >= 0.3 is 0 Å². The molecule has 0 fully saturated rings. The van der Waals surface area contributed by atoms with Crippen LogP contribution in [0.25, 0.3) is 0 Å². The van der Waals surface area contributed by atoms with Gasteiger partial charge in [-0.3, -0.25) is 4.68 Å². The maximum Gasteiger partial charge on any atom is 0.145 e. The van der Waals surface area contributed by atoms with Crippen LogP contribution in [0.5, 0.6) is 0 Å². The lowest BCUT2D eigenvalue weighted by Gasteiger charge is -1.94. The van der Waals surface area contributed by atoms with Crippen LogP contribution in [-0.2, 0) is 17.9 Å². The third-order valence-corrected chi connectivity index (χ3v) is 2.04. The van der Waals surface area contributed by atoms with Gasteiger partial charge in [-0.15, -0.1) is 0 Å². The number of methoxy groups -OCH3 is 1. The van der Waals surface area contributed by atoms with Crippen LogP contribution in [0.1, 0.15) is 18.2 Å². The Morgan fingerprint density at radius 3 is 2.85 bits per heavy atom. The number of rotatable bonds is 3. The Bertz CT molecular complexity index is 340. The molecule has 1 rings (SSSR count). The molecule has 1 heterocycles. The van der Waals surface area contributed by atoms with Crippen LogP contribution in [0.15, 0.2) is 0 Å². The van der Waals surface area contributed by atoms with Gasteiger partial charge in [0.25, 0.3) is 0 Å².